The minimum absolute atomic E-state index is 0.606. The molecule has 0 fully saturated rings. The molecule has 0 spiro atoms. The molecule has 1 rings (SSSR count). The van der Waals surface area contributed by atoms with Gasteiger partial charge in [-0.3, -0.25) is 4.68 Å². The second kappa shape index (κ2) is 3.39. The summed E-state index contributed by atoms with van der Waals surface area (Å²) in [6.07, 6.45) is 1.78. The van der Waals surface area contributed by atoms with E-state index < -0.39 is 0 Å². The highest BCUT2D eigenvalue weighted by Crippen LogP contribution is 2.13. The summed E-state index contributed by atoms with van der Waals surface area (Å²) in [5.41, 5.74) is 1.13. The van der Waals surface area contributed by atoms with Gasteiger partial charge >= 0.3 is 0 Å². The molecule has 0 aromatic carbocycles. The lowest BCUT2D eigenvalue weighted by Gasteiger charge is -1.98. The third-order valence-electron chi connectivity index (χ3n) is 1.34. The minimum atomic E-state index is 0.606. The molecule has 2 nitrogen and oxygen atoms in total. The second-order valence-corrected chi connectivity index (χ2v) is 3.22. The van der Waals surface area contributed by atoms with E-state index in [-0.39, 0.29) is 0 Å². The maximum atomic E-state index is 5.54. The molecule has 0 aliphatic heterocycles. The normalized spacial score (nSPS) is 10.3. The van der Waals surface area contributed by atoms with Gasteiger partial charge in [0.25, 0.3) is 0 Å². The van der Waals surface area contributed by atoms with Crippen LogP contribution in [-0.2, 0) is 6.54 Å². The summed E-state index contributed by atoms with van der Waals surface area (Å²) in [4.78, 5) is 0. The number of hydrogen-bond acceptors (Lipinski definition) is 1. The van der Waals surface area contributed by atoms with Crippen LogP contribution < -0.4 is 0 Å². The van der Waals surface area contributed by atoms with Crippen molar-refractivity contribution in [3.05, 3.63) is 16.4 Å². The van der Waals surface area contributed by atoms with Crippen molar-refractivity contribution in [2.24, 2.45) is 0 Å². The second-order valence-electron chi connectivity index (χ2n) is 1.99. The smallest absolute Gasteiger partial charge is 0.0635 e. The molecule has 0 N–H and O–H groups in total. The van der Waals surface area contributed by atoms with E-state index in [1.807, 2.05) is 11.6 Å². The molecule has 0 saturated carbocycles. The lowest BCUT2D eigenvalue weighted by atomic mass is 10.5. The van der Waals surface area contributed by atoms with Gasteiger partial charge in [0.2, 0.25) is 0 Å². The number of nitrogens with zero attached hydrogens (tertiary/aromatic N) is 2. The van der Waals surface area contributed by atoms with Crippen molar-refractivity contribution < 1.29 is 0 Å². The Kier molecular flexibility index (Phi) is 2.74. The molecule has 0 aliphatic rings. The Morgan fingerprint density at radius 2 is 2.50 bits per heavy atom. The van der Waals surface area contributed by atoms with Crippen LogP contribution in [0, 0.1) is 6.92 Å². The standard InChI is InChI=1S/C6H8BrClN2/c1-5-6(7)4-9-10(5)3-2-8/h4H,2-3H2,1H3. The van der Waals surface area contributed by atoms with Gasteiger partial charge in [-0.25, -0.2) is 0 Å². The SMILES string of the molecule is Cc1c(Br)cnn1CCCl. The van der Waals surface area contributed by atoms with E-state index >= 15 is 0 Å². The highest BCUT2D eigenvalue weighted by molar-refractivity contribution is 9.10. The summed E-state index contributed by atoms with van der Waals surface area (Å²) in [5.74, 6) is 0.606. The van der Waals surface area contributed by atoms with Gasteiger partial charge in [-0.2, -0.15) is 5.10 Å². The van der Waals surface area contributed by atoms with Gasteiger partial charge in [-0.05, 0) is 22.9 Å². The van der Waals surface area contributed by atoms with Crippen LogP contribution in [0.25, 0.3) is 0 Å². The first kappa shape index (κ1) is 8.08. The molecule has 0 amide bonds. The predicted octanol–water partition coefficient (Wildman–Crippen LogP) is 2.19. The summed E-state index contributed by atoms with van der Waals surface area (Å²) in [7, 11) is 0. The van der Waals surface area contributed by atoms with E-state index in [0.29, 0.717) is 5.88 Å². The van der Waals surface area contributed by atoms with Gasteiger partial charge in [-0.15, -0.1) is 11.6 Å². The van der Waals surface area contributed by atoms with E-state index in [4.69, 9.17) is 11.6 Å². The molecule has 0 bridgehead atoms. The van der Waals surface area contributed by atoms with E-state index in [2.05, 4.69) is 21.0 Å². The van der Waals surface area contributed by atoms with Crippen molar-refractivity contribution in [3.63, 3.8) is 0 Å². The lowest BCUT2D eigenvalue weighted by molar-refractivity contribution is 0.643. The molecule has 10 heavy (non-hydrogen) atoms. The fourth-order valence-corrected chi connectivity index (χ4v) is 1.19. The molecule has 0 atom stereocenters. The Balaban J connectivity index is 2.83. The summed E-state index contributed by atoms with van der Waals surface area (Å²) in [6, 6.07) is 0. The molecule has 0 unspecified atom stereocenters. The number of halogens is 2. The van der Waals surface area contributed by atoms with Gasteiger partial charge < -0.3 is 0 Å². The fourth-order valence-electron chi connectivity index (χ4n) is 0.729. The highest BCUT2D eigenvalue weighted by atomic mass is 79.9. The number of hydrogen-bond donors (Lipinski definition) is 0. The largest absolute Gasteiger partial charge is 0.268 e. The maximum absolute atomic E-state index is 5.54. The Morgan fingerprint density at radius 1 is 1.80 bits per heavy atom. The van der Waals surface area contributed by atoms with Gasteiger partial charge in [0.05, 0.1) is 17.2 Å². The van der Waals surface area contributed by atoms with Gasteiger partial charge in [-0.1, -0.05) is 0 Å². The third-order valence-corrected chi connectivity index (χ3v) is 2.29. The van der Waals surface area contributed by atoms with E-state index in [9.17, 15) is 0 Å². The monoisotopic (exact) mass is 222 g/mol. The van der Waals surface area contributed by atoms with E-state index in [1.54, 1.807) is 6.20 Å². The van der Waals surface area contributed by atoms with Gasteiger partial charge in [0.15, 0.2) is 0 Å². The predicted molar refractivity (Wildman–Crippen MR) is 45.4 cm³/mol. The molecule has 56 valence electrons. The lowest BCUT2D eigenvalue weighted by Crippen LogP contribution is -2.02. The van der Waals surface area contributed by atoms with Crippen molar-refractivity contribution in [3.8, 4) is 0 Å². The molecule has 4 heteroatoms. The first-order chi connectivity index (χ1) is 4.75. The summed E-state index contributed by atoms with van der Waals surface area (Å²) >= 11 is 8.90. The molecule has 0 radical (unpaired) electrons. The van der Waals surface area contributed by atoms with Crippen molar-refractivity contribution in [2.45, 2.75) is 13.5 Å². The van der Waals surface area contributed by atoms with Crippen molar-refractivity contribution in [2.75, 3.05) is 5.88 Å². The van der Waals surface area contributed by atoms with Gasteiger partial charge in [0.1, 0.15) is 0 Å². The van der Waals surface area contributed by atoms with Crippen LogP contribution in [0.15, 0.2) is 10.7 Å². The third kappa shape index (κ3) is 1.52. The molecule has 0 saturated heterocycles. The van der Waals surface area contributed by atoms with Crippen LogP contribution in [0.3, 0.4) is 0 Å². The highest BCUT2D eigenvalue weighted by Gasteiger charge is 2.00. The number of rotatable bonds is 2. The van der Waals surface area contributed by atoms with Crippen LogP contribution in [-0.4, -0.2) is 15.7 Å². The Morgan fingerprint density at radius 3 is 2.90 bits per heavy atom. The Hall–Kier alpha value is -0.0200. The molecule has 1 heterocycles. The molecule has 1 aromatic rings. The summed E-state index contributed by atoms with van der Waals surface area (Å²) in [6.45, 7) is 2.78. The van der Waals surface area contributed by atoms with Crippen molar-refractivity contribution in [1.82, 2.24) is 9.78 Å². The molecular weight excluding hydrogens is 215 g/mol. The van der Waals surface area contributed by atoms with Crippen molar-refractivity contribution >= 4 is 27.5 Å². The average Bonchev–Trinajstić information content (AvgIpc) is 2.20. The van der Waals surface area contributed by atoms with E-state index in [1.165, 1.54) is 0 Å². The summed E-state index contributed by atoms with van der Waals surface area (Å²) < 4.78 is 2.91. The maximum Gasteiger partial charge on any atom is 0.0635 e. The Bertz CT molecular complexity index is 222. The average molecular weight is 224 g/mol. The zero-order valence-electron chi connectivity index (χ0n) is 5.64. The first-order valence-corrected chi connectivity index (χ1v) is 4.32. The first-order valence-electron chi connectivity index (χ1n) is 2.99. The van der Waals surface area contributed by atoms with Crippen LogP contribution >= 0.6 is 27.5 Å². The molecular formula is C6H8BrClN2. The van der Waals surface area contributed by atoms with Gasteiger partial charge in [0, 0.05) is 11.6 Å². The van der Waals surface area contributed by atoms with Crippen molar-refractivity contribution in [1.29, 1.82) is 0 Å². The quantitative estimate of drug-likeness (QED) is 0.703. The zero-order valence-corrected chi connectivity index (χ0v) is 7.98. The zero-order chi connectivity index (χ0) is 7.56. The fraction of sp³-hybridized carbons (Fsp3) is 0.500. The van der Waals surface area contributed by atoms with E-state index in [0.717, 1.165) is 16.7 Å². The molecule has 1 aromatic heterocycles. The van der Waals surface area contributed by atoms with Crippen LogP contribution in [0.4, 0.5) is 0 Å². The van der Waals surface area contributed by atoms with Crippen LogP contribution in [0.5, 0.6) is 0 Å². The van der Waals surface area contributed by atoms with Crippen LogP contribution in [0.2, 0.25) is 0 Å². The minimum Gasteiger partial charge on any atom is -0.268 e. The number of aryl methyl sites for hydroxylation is 1. The topological polar surface area (TPSA) is 17.8 Å². The van der Waals surface area contributed by atoms with Crippen LogP contribution in [0.1, 0.15) is 5.69 Å². The number of aromatic nitrogens is 2. The summed E-state index contributed by atoms with van der Waals surface area (Å²) in [5, 5.41) is 4.09. The molecule has 0 aliphatic carbocycles. The Labute approximate surface area is 73.3 Å². The number of alkyl halides is 1.